The molecule has 0 nitrogen and oxygen atoms in total. The molecule has 0 aromatic rings. The van der Waals surface area contributed by atoms with Gasteiger partial charge in [-0.3, -0.25) is 0 Å². The summed E-state index contributed by atoms with van der Waals surface area (Å²) in [6, 6.07) is 9.02. The maximum Gasteiger partial charge on any atom is -0.0120 e. The van der Waals surface area contributed by atoms with Crippen molar-refractivity contribution >= 4 is 0 Å². The standard InChI is InChI=1S/C16H20/c1-10(2)14-8-6-11(3)15-9-7-12(4)16(15)13(14)5/h6-10H,1-5H3. The van der Waals surface area contributed by atoms with Crippen molar-refractivity contribution in [3.8, 4) is 11.1 Å². The molecule has 0 saturated carbocycles. The third-order valence-corrected chi connectivity index (χ3v) is 3.53. The Kier molecular flexibility index (Phi) is 2.75. The predicted octanol–water partition coefficient (Wildman–Crippen LogP) is 4.84. The number of hydrogen-bond donors (Lipinski definition) is 0. The van der Waals surface area contributed by atoms with Crippen LogP contribution >= 0.6 is 0 Å². The molecule has 16 heavy (non-hydrogen) atoms. The summed E-state index contributed by atoms with van der Waals surface area (Å²) in [7, 11) is 0. The van der Waals surface area contributed by atoms with Crippen molar-refractivity contribution in [1.29, 1.82) is 0 Å². The first-order valence-corrected chi connectivity index (χ1v) is 6.01. The Balaban J connectivity index is 2.84. The monoisotopic (exact) mass is 212 g/mol. The summed E-state index contributed by atoms with van der Waals surface area (Å²) < 4.78 is 0. The van der Waals surface area contributed by atoms with Gasteiger partial charge in [-0.1, -0.05) is 38.1 Å². The summed E-state index contributed by atoms with van der Waals surface area (Å²) in [6.07, 6.45) is 0. The fourth-order valence-corrected chi connectivity index (χ4v) is 2.61. The molecule has 0 aliphatic heterocycles. The lowest BCUT2D eigenvalue weighted by Crippen LogP contribution is -1.91. The Morgan fingerprint density at radius 3 is 2.06 bits per heavy atom. The Morgan fingerprint density at radius 2 is 1.44 bits per heavy atom. The maximum atomic E-state index is 2.29. The molecule has 0 amide bonds. The second kappa shape index (κ2) is 3.93. The molecular weight excluding hydrogens is 192 g/mol. The van der Waals surface area contributed by atoms with Gasteiger partial charge in [0.05, 0.1) is 0 Å². The fraction of sp³-hybridized carbons (Fsp3) is 0.375. The van der Waals surface area contributed by atoms with Crippen molar-refractivity contribution in [1.82, 2.24) is 0 Å². The van der Waals surface area contributed by atoms with E-state index in [4.69, 9.17) is 0 Å². The first-order valence-electron chi connectivity index (χ1n) is 6.01. The summed E-state index contributed by atoms with van der Waals surface area (Å²) in [4.78, 5) is 0. The van der Waals surface area contributed by atoms with Crippen molar-refractivity contribution in [3.05, 3.63) is 46.5 Å². The molecule has 0 radical (unpaired) electrons. The van der Waals surface area contributed by atoms with E-state index in [1.54, 1.807) is 0 Å². The molecule has 0 N–H and O–H groups in total. The molecule has 0 heterocycles. The van der Waals surface area contributed by atoms with Gasteiger partial charge in [-0.2, -0.15) is 0 Å². The topological polar surface area (TPSA) is 0 Å². The molecular formula is C16H20. The van der Waals surface area contributed by atoms with Crippen LogP contribution in [0.4, 0.5) is 0 Å². The van der Waals surface area contributed by atoms with Gasteiger partial charge in [0.15, 0.2) is 0 Å². The molecule has 2 rings (SSSR count). The lowest BCUT2D eigenvalue weighted by molar-refractivity contribution is 0.859. The van der Waals surface area contributed by atoms with Gasteiger partial charge in [-0.25, -0.2) is 0 Å². The fourth-order valence-electron chi connectivity index (χ4n) is 2.61. The van der Waals surface area contributed by atoms with E-state index >= 15 is 0 Å². The number of rotatable bonds is 1. The number of hydrogen-bond acceptors (Lipinski definition) is 0. The van der Waals surface area contributed by atoms with Gasteiger partial charge >= 0.3 is 0 Å². The zero-order valence-corrected chi connectivity index (χ0v) is 10.9. The van der Waals surface area contributed by atoms with Crippen molar-refractivity contribution in [2.75, 3.05) is 0 Å². The highest BCUT2D eigenvalue weighted by atomic mass is 14.2. The normalized spacial score (nSPS) is 11.4. The van der Waals surface area contributed by atoms with E-state index in [1.807, 2.05) is 0 Å². The molecule has 0 heteroatoms. The van der Waals surface area contributed by atoms with Gasteiger partial charge in [0.25, 0.3) is 0 Å². The van der Waals surface area contributed by atoms with Crippen LogP contribution in [0.3, 0.4) is 0 Å². The molecule has 0 aromatic carbocycles. The van der Waals surface area contributed by atoms with Gasteiger partial charge in [0, 0.05) is 0 Å². The van der Waals surface area contributed by atoms with E-state index in [0.29, 0.717) is 5.92 Å². The van der Waals surface area contributed by atoms with Gasteiger partial charge < -0.3 is 0 Å². The lowest BCUT2D eigenvalue weighted by Gasteiger charge is -2.10. The summed E-state index contributed by atoms with van der Waals surface area (Å²) >= 11 is 0. The third kappa shape index (κ3) is 1.63. The molecule has 0 fully saturated rings. The van der Waals surface area contributed by atoms with E-state index in [-0.39, 0.29) is 0 Å². The second-order valence-corrected chi connectivity index (χ2v) is 5.06. The van der Waals surface area contributed by atoms with Gasteiger partial charge in [-0.05, 0) is 60.1 Å². The Hall–Kier alpha value is -1.30. The highest BCUT2D eigenvalue weighted by Crippen LogP contribution is 2.35. The average molecular weight is 212 g/mol. The van der Waals surface area contributed by atoms with Crippen molar-refractivity contribution in [2.45, 2.75) is 40.5 Å². The molecule has 0 atom stereocenters. The van der Waals surface area contributed by atoms with Crippen molar-refractivity contribution in [2.24, 2.45) is 0 Å². The summed E-state index contributed by atoms with van der Waals surface area (Å²) in [6.45, 7) is 11.2. The van der Waals surface area contributed by atoms with E-state index in [1.165, 1.54) is 33.4 Å². The predicted molar refractivity (Wildman–Crippen MR) is 71.4 cm³/mol. The molecule has 0 saturated heterocycles. The van der Waals surface area contributed by atoms with Crippen molar-refractivity contribution in [3.63, 3.8) is 0 Å². The van der Waals surface area contributed by atoms with Crippen LogP contribution in [-0.2, 0) is 0 Å². The Morgan fingerprint density at radius 1 is 0.812 bits per heavy atom. The molecule has 2 aliphatic carbocycles. The minimum Gasteiger partial charge on any atom is -0.0587 e. The average Bonchev–Trinajstić information content (AvgIpc) is 2.53. The molecule has 84 valence electrons. The van der Waals surface area contributed by atoms with Crippen molar-refractivity contribution < 1.29 is 0 Å². The zero-order valence-electron chi connectivity index (χ0n) is 10.9. The quantitative estimate of drug-likeness (QED) is 0.634. The first-order chi connectivity index (χ1) is 7.52. The number of fused-ring (bicyclic) bond motifs is 1. The minimum absolute atomic E-state index is 0.587. The SMILES string of the molecule is Cc1ccc(C(C)C)c(C)c2c(C)ccc1-2. The van der Waals surface area contributed by atoms with E-state index in [2.05, 4.69) is 58.9 Å². The van der Waals surface area contributed by atoms with Crippen LogP contribution in [0.5, 0.6) is 0 Å². The zero-order chi connectivity index (χ0) is 11.9. The molecule has 0 unspecified atom stereocenters. The van der Waals surface area contributed by atoms with Crippen LogP contribution < -0.4 is 0 Å². The van der Waals surface area contributed by atoms with E-state index in [9.17, 15) is 0 Å². The molecule has 2 aliphatic rings. The van der Waals surface area contributed by atoms with Gasteiger partial charge in [-0.15, -0.1) is 0 Å². The smallest absolute Gasteiger partial charge is 0.0120 e. The van der Waals surface area contributed by atoms with Crippen LogP contribution in [0.15, 0.2) is 24.3 Å². The highest BCUT2D eigenvalue weighted by molar-refractivity contribution is 5.77. The van der Waals surface area contributed by atoms with Crippen LogP contribution in [0.1, 0.15) is 42.0 Å². The summed E-state index contributed by atoms with van der Waals surface area (Å²) in [5.41, 5.74) is 8.54. The third-order valence-electron chi connectivity index (χ3n) is 3.53. The van der Waals surface area contributed by atoms with Crippen LogP contribution in [0.2, 0.25) is 0 Å². The summed E-state index contributed by atoms with van der Waals surface area (Å²) in [5.74, 6) is 0.587. The highest BCUT2D eigenvalue weighted by Gasteiger charge is 2.14. The lowest BCUT2D eigenvalue weighted by atomic mass is 9.95. The van der Waals surface area contributed by atoms with Gasteiger partial charge in [0.1, 0.15) is 0 Å². The van der Waals surface area contributed by atoms with Crippen LogP contribution in [-0.4, -0.2) is 0 Å². The van der Waals surface area contributed by atoms with E-state index in [0.717, 1.165) is 0 Å². The first kappa shape index (κ1) is 11.2. The van der Waals surface area contributed by atoms with Gasteiger partial charge in [0.2, 0.25) is 0 Å². The van der Waals surface area contributed by atoms with Crippen LogP contribution in [0.25, 0.3) is 11.1 Å². The second-order valence-electron chi connectivity index (χ2n) is 5.06. The minimum atomic E-state index is 0.587. The maximum absolute atomic E-state index is 2.29. The summed E-state index contributed by atoms with van der Waals surface area (Å²) in [5, 5.41) is 0. The molecule has 0 bridgehead atoms. The Bertz CT molecular complexity index is 492. The Labute approximate surface area is 98.7 Å². The van der Waals surface area contributed by atoms with Crippen LogP contribution in [0, 0.1) is 20.8 Å². The molecule has 0 spiro atoms. The van der Waals surface area contributed by atoms with E-state index < -0.39 is 0 Å². The molecule has 0 aromatic heterocycles. The largest absolute Gasteiger partial charge is 0.0587 e. The number of aryl methyl sites for hydroxylation is 2.